The van der Waals surface area contributed by atoms with Crippen LogP contribution in [0.5, 0.6) is 0 Å². The van der Waals surface area contributed by atoms with Crippen molar-refractivity contribution in [3.8, 4) is 0 Å². The van der Waals surface area contributed by atoms with Gasteiger partial charge in [0.2, 0.25) is 5.91 Å². The number of amides is 1. The van der Waals surface area contributed by atoms with Crippen LogP contribution >= 0.6 is 22.9 Å². The lowest BCUT2D eigenvalue weighted by molar-refractivity contribution is -0.121. The minimum atomic E-state index is 0.0121. The number of halogens is 1. The molecule has 0 aliphatic rings. The first kappa shape index (κ1) is 13.5. The first-order valence-electron chi connectivity index (χ1n) is 5.29. The highest BCUT2D eigenvalue weighted by molar-refractivity contribution is 7.16. The van der Waals surface area contributed by atoms with Crippen molar-refractivity contribution in [2.75, 3.05) is 0 Å². The van der Waals surface area contributed by atoms with Crippen molar-refractivity contribution in [3.05, 3.63) is 21.3 Å². The summed E-state index contributed by atoms with van der Waals surface area (Å²) in [5, 5.41) is 2.92. The number of carbonyl (C=O) groups excluding carboxylic acids is 1. The van der Waals surface area contributed by atoms with Gasteiger partial charge in [-0.1, -0.05) is 11.6 Å². The van der Waals surface area contributed by atoms with Crippen LogP contribution in [-0.2, 0) is 4.79 Å². The molecule has 1 heterocycles. The molecule has 0 spiro atoms. The van der Waals surface area contributed by atoms with Crippen LogP contribution in [0.15, 0.2) is 12.1 Å². The van der Waals surface area contributed by atoms with Gasteiger partial charge in [-0.2, -0.15) is 0 Å². The van der Waals surface area contributed by atoms with Crippen molar-refractivity contribution < 1.29 is 4.79 Å². The molecule has 16 heavy (non-hydrogen) atoms. The fourth-order valence-electron chi connectivity index (χ4n) is 1.30. The molecule has 1 amide bonds. The highest BCUT2D eigenvalue weighted by Crippen LogP contribution is 2.26. The molecule has 90 valence electrons. The molecule has 0 bridgehead atoms. The van der Waals surface area contributed by atoms with Gasteiger partial charge < -0.3 is 11.1 Å². The highest BCUT2D eigenvalue weighted by atomic mass is 35.5. The topological polar surface area (TPSA) is 55.1 Å². The van der Waals surface area contributed by atoms with Crippen molar-refractivity contribution in [2.45, 2.75) is 38.8 Å². The van der Waals surface area contributed by atoms with Crippen LogP contribution < -0.4 is 11.1 Å². The van der Waals surface area contributed by atoms with Gasteiger partial charge in [-0.25, -0.2) is 0 Å². The lowest BCUT2D eigenvalue weighted by atomic mass is 10.2. The lowest BCUT2D eigenvalue weighted by Crippen LogP contribution is -2.27. The number of nitrogens with one attached hydrogen (secondary N) is 1. The smallest absolute Gasteiger partial charge is 0.220 e. The van der Waals surface area contributed by atoms with E-state index in [9.17, 15) is 4.79 Å². The van der Waals surface area contributed by atoms with Crippen LogP contribution in [0.3, 0.4) is 0 Å². The molecule has 3 nitrogen and oxygen atoms in total. The van der Waals surface area contributed by atoms with Crippen LogP contribution in [0, 0.1) is 0 Å². The van der Waals surface area contributed by atoms with Crippen molar-refractivity contribution in [3.63, 3.8) is 0 Å². The molecule has 0 saturated carbocycles. The zero-order valence-electron chi connectivity index (χ0n) is 9.50. The second-order valence-electron chi connectivity index (χ2n) is 3.95. The number of carbonyl (C=O) groups is 1. The Morgan fingerprint density at radius 2 is 2.25 bits per heavy atom. The van der Waals surface area contributed by atoms with E-state index in [1.807, 2.05) is 26.0 Å². The van der Waals surface area contributed by atoms with Gasteiger partial charge in [-0.05, 0) is 32.4 Å². The molecule has 0 aliphatic carbocycles. The molecule has 0 saturated heterocycles. The van der Waals surface area contributed by atoms with E-state index in [0.717, 1.165) is 9.21 Å². The summed E-state index contributed by atoms with van der Waals surface area (Å²) < 4.78 is 0.742. The van der Waals surface area contributed by atoms with Crippen molar-refractivity contribution in [2.24, 2.45) is 5.73 Å². The summed E-state index contributed by atoms with van der Waals surface area (Å²) >= 11 is 7.32. The monoisotopic (exact) mass is 260 g/mol. The first-order valence-corrected chi connectivity index (χ1v) is 6.48. The average molecular weight is 261 g/mol. The normalized spacial score (nSPS) is 14.5. The Kier molecular flexibility index (Phi) is 5.25. The average Bonchev–Trinajstić information content (AvgIpc) is 2.62. The Balaban J connectivity index is 2.39. The number of hydrogen-bond acceptors (Lipinski definition) is 3. The van der Waals surface area contributed by atoms with E-state index >= 15 is 0 Å². The minimum Gasteiger partial charge on any atom is -0.349 e. The van der Waals surface area contributed by atoms with Gasteiger partial charge in [-0.3, -0.25) is 4.79 Å². The van der Waals surface area contributed by atoms with Crippen LogP contribution in [0.4, 0.5) is 0 Å². The molecule has 3 N–H and O–H groups in total. The van der Waals surface area contributed by atoms with Gasteiger partial charge in [-0.15, -0.1) is 11.3 Å². The fraction of sp³-hybridized carbons (Fsp3) is 0.545. The summed E-state index contributed by atoms with van der Waals surface area (Å²) in [6.07, 6.45) is 1.19. The standard InChI is InChI=1S/C11H17ClN2OS/c1-7(13)3-6-11(15)14-8(2)9-4-5-10(12)16-9/h4-5,7-8H,3,6,13H2,1-2H3,(H,14,15). The molecule has 0 radical (unpaired) electrons. The SMILES string of the molecule is CC(N)CCC(=O)NC(C)c1ccc(Cl)s1. The molecule has 2 unspecified atom stereocenters. The van der Waals surface area contributed by atoms with E-state index < -0.39 is 0 Å². The molecular formula is C11H17ClN2OS. The number of thiophene rings is 1. The van der Waals surface area contributed by atoms with E-state index in [4.69, 9.17) is 17.3 Å². The molecule has 5 heteroatoms. The fourth-order valence-corrected chi connectivity index (χ4v) is 2.37. The summed E-state index contributed by atoms with van der Waals surface area (Å²) in [6.45, 7) is 3.85. The van der Waals surface area contributed by atoms with Crippen molar-refractivity contribution in [1.82, 2.24) is 5.32 Å². The van der Waals surface area contributed by atoms with E-state index in [1.165, 1.54) is 11.3 Å². The van der Waals surface area contributed by atoms with Crippen LogP contribution in [0.1, 0.15) is 37.6 Å². The molecule has 1 aromatic rings. The maximum atomic E-state index is 11.5. The number of hydrogen-bond donors (Lipinski definition) is 2. The second-order valence-corrected chi connectivity index (χ2v) is 5.69. The summed E-state index contributed by atoms with van der Waals surface area (Å²) in [4.78, 5) is 12.6. The van der Waals surface area contributed by atoms with Gasteiger partial charge in [0.25, 0.3) is 0 Å². The van der Waals surface area contributed by atoms with Crippen LogP contribution in [-0.4, -0.2) is 11.9 Å². The summed E-state index contributed by atoms with van der Waals surface area (Å²) in [5.41, 5.74) is 5.59. The van der Waals surface area contributed by atoms with E-state index in [2.05, 4.69) is 5.32 Å². The van der Waals surface area contributed by atoms with E-state index in [-0.39, 0.29) is 18.0 Å². The third-order valence-electron chi connectivity index (χ3n) is 2.22. The molecule has 1 aromatic heterocycles. The molecule has 0 aliphatic heterocycles. The van der Waals surface area contributed by atoms with Crippen molar-refractivity contribution in [1.29, 1.82) is 0 Å². The summed E-state index contributed by atoms with van der Waals surface area (Å²) in [7, 11) is 0. The summed E-state index contributed by atoms with van der Waals surface area (Å²) in [6, 6.07) is 3.85. The van der Waals surface area contributed by atoms with Gasteiger partial charge in [0, 0.05) is 17.3 Å². The number of nitrogens with two attached hydrogens (primary N) is 1. The quantitative estimate of drug-likeness (QED) is 0.855. The van der Waals surface area contributed by atoms with E-state index in [0.29, 0.717) is 12.8 Å². The summed E-state index contributed by atoms with van der Waals surface area (Å²) in [5.74, 6) is 0.0364. The third kappa shape index (κ3) is 4.51. The minimum absolute atomic E-state index is 0.0121. The zero-order chi connectivity index (χ0) is 12.1. The molecule has 2 atom stereocenters. The molecular weight excluding hydrogens is 244 g/mol. The van der Waals surface area contributed by atoms with Gasteiger partial charge in [0.15, 0.2) is 0 Å². The van der Waals surface area contributed by atoms with Crippen LogP contribution in [0.25, 0.3) is 0 Å². The Morgan fingerprint density at radius 3 is 2.75 bits per heavy atom. The van der Waals surface area contributed by atoms with Crippen LogP contribution in [0.2, 0.25) is 4.34 Å². The molecule has 0 fully saturated rings. The van der Waals surface area contributed by atoms with Gasteiger partial charge >= 0.3 is 0 Å². The lowest BCUT2D eigenvalue weighted by Gasteiger charge is -2.12. The largest absolute Gasteiger partial charge is 0.349 e. The number of rotatable bonds is 5. The highest BCUT2D eigenvalue weighted by Gasteiger charge is 2.11. The van der Waals surface area contributed by atoms with Crippen molar-refractivity contribution >= 4 is 28.8 Å². The third-order valence-corrected chi connectivity index (χ3v) is 3.64. The maximum absolute atomic E-state index is 11.5. The second kappa shape index (κ2) is 6.23. The Bertz CT molecular complexity index is 352. The predicted octanol–water partition coefficient (Wildman–Crippen LogP) is 2.71. The molecule has 0 aromatic carbocycles. The van der Waals surface area contributed by atoms with E-state index in [1.54, 1.807) is 0 Å². The molecule has 1 rings (SSSR count). The Hall–Kier alpha value is -0.580. The predicted molar refractivity (Wildman–Crippen MR) is 68.8 cm³/mol. The van der Waals surface area contributed by atoms with Gasteiger partial charge in [0.1, 0.15) is 0 Å². The van der Waals surface area contributed by atoms with Gasteiger partial charge in [0.05, 0.1) is 10.4 Å². The first-order chi connectivity index (χ1) is 7.49. The Labute approximate surface area is 105 Å². The Morgan fingerprint density at radius 1 is 1.56 bits per heavy atom. The zero-order valence-corrected chi connectivity index (χ0v) is 11.1. The maximum Gasteiger partial charge on any atom is 0.220 e.